The number of hydrogen-bond acceptors (Lipinski definition) is 6. The molecule has 0 atom stereocenters. The number of nitrogens with zero attached hydrogens (tertiary/aromatic N) is 3. The number of hydrogen-bond donors (Lipinski definition) is 2. The van der Waals surface area contributed by atoms with Crippen molar-refractivity contribution in [3.8, 4) is 0 Å². The average Bonchev–Trinajstić information content (AvgIpc) is 3.01. The van der Waals surface area contributed by atoms with Crippen LogP contribution in [0.2, 0.25) is 0 Å². The van der Waals surface area contributed by atoms with Crippen LogP contribution < -0.4 is 10.6 Å². The van der Waals surface area contributed by atoms with E-state index in [4.69, 9.17) is 4.74 Å². The third-order valence-electron chi connectivity index (χ3n) is 3.42. The van der Waals surface area contributed by atoms with Gasteiger partial charge in [0.05, 0.1) is 11.8 Å². The Morgan fingerprint density at radius 3 is 2.58 bits per heavy atom. The summed E-state index contributed by atoms with van der Waals surface area (Å²) >= 11 is 0. The van der Waals surface area contributed by atoms with Gasteiger partial charge in [-0.25, -0.2) is 19.3 Å². The first kappa shape index (κ1) is 19.4. The van der Waals surface area contributed by atoms with Gasteiger partial charge >= 0.3 is 12.0 Å². The Morgan fingerprint density at radius 1 is 1.19 bits per heavy atom. The molecule has 3 amide bonds. The summed E-state index contributed by atoms with van der Waals surface area (Å²) in [7, 11) is 0. The SMILES string of the molecule is CC(C)CNC(=O)NC(=O)COC(=O)c1cnc2c(cnn2C(C)C)c1. The zero-order chi connectivity index (χ0) is 19.3. The lowest BCUT2D eigenvalue weighted by molar-refractivity contribution is -0.123. The first-order chi connectivity index (χ1) is 12.3. The minimum atomic E-state index is -0.707. The molecule has 2 aromatic rings. The number of amides is 3. The van der Waals surface area contributed by atoms with Crippen LogP contribution in [0.1, 0.15) is 44.1 Å². The van der Waals surface area contributed by atoms with Crippen LogP contribution in [-0.4, -0.2) is 45.8 Å². The number of imide groups is 1. The molecule has 0 saturated carbocycles. The normalized spacial score (nSPS) is 11.0. The molecule has 0 aliphatic carbocycles. The van der Waals surface area contributed by atoms with Gasteiger partial charge in [-0.15, -0.1) is 0 Å². The molecule has 9 nitrogen and oxygen atoms in total. The molecule has 0 saturated heterocycles. The van der Waals surface area contributed by atoms with Crippen molar-refractivity contribution in [3.63, 3.8) is 0 Å². The molecular weight excluding hydrogens is 338 g/mol. The van der Waals surface area contributed by atoms with E-state index in [1.165, 1.54) is 6.20 Å². The molecule has 9 heteroatoms. The van der Waals surface area contributed by atoms with E-state index in [2.05, 4.69) is 20.7 Å². The molecular formula is C17H23N5O4. The highest BCUT2D eigenvalue weighted by Gasteiger charge is 2.15. The highest BCUT2D eigenvalue weighted by molar-refractivity contribution is 5.97. The van der Waals surface area contributed by atoms with Crippen LogP contribution in [0.15, 0.2) is 18.5 Å². The van der Waals surface area contributed by atoms with Crippen molar-refractivity contribution in [2.45, 2.75) is 33.7 Å². The van der Waals surface area contributed by atoms with Gasteiger partial charge in [-0.3, -0.25) is 10.1 Å². The average molecular weight is 361 g/mol. The standard InChI is InChI=1S/C17H23N5O4/c1-10(2)6-19-17(25)21-14(23)9-26-16(24)13-5-12-8-20-22(11(3)4)15(12)18-7-13/h5,7-8,10-11H,6,9H2,1-4H3,(H2,19,21,23,25). The first-order valence-corrected chi connectivity index (χ1v) is 8.36. The lowest BCUT2D eigenvalue weighted by Gasteiger charge is -2.09. The van der Waals surface area contributed by atoms with E-state index in [9.17, 15) is 14.4 Å². The first-order valence-electron chi connectivity index (χ1n) is 8.36. The quantitative estimate of drug-likeness (QED) is 0.756. The van der Waals surface area contributed by atoms with Crippen LogP contribution in [0.5, 0.6) is 0 Å². The predicted molar refractivity (Wildman–Crippen MR) is 94.6 cm³/mol. The van der Waals surface area contributed by atoms with Gasteiger partial charge in [0.25, 0.3) is 5.91 Å². The summed E-state index contributed by atoms with van der Waals surface area (Å²) in [5.41, 5.74) is 0.869. The number of pyridine rings is 1. The molecule has 2 N–H and O–H groups in total. The third kappa shape index (κ3) is 5.01. The maximum absolute atomic E-state index is 12.1. The lowest BCUT2D eigenvalue weighted by Crippen LogP contribution is -2.42. The molecule has 2 heterocycles. The zero-order valence-corrected chi connectivity index (χ0v) is 15.3. The van der Waals surface area contributed by atoms with Crippen molar-refractivity contribution < 1.29 is 19.1 Å². The number of fused-ring (bicyclic) bond motifs is 1. The molecule has 0 radical (unpaired) electrons. The Labute approximate surface area is 151 Å². The van der Waals surface area contributed by atoms with E-state index in [1.807, 2.05) is 27.7 Å². The summed E-state index contributed by atoms with van der Waals surface area (Å²) in [4.78, 5) is 39.4. The van der Waals surface area contributed by atoms with Gasteiger partial charge in [0.2, 0.25) is 0 Å². The van der Waals surface area contributed by atoms with Gasteiger partial charge in [0.15, 0.2) is 12.3 Å². The molecule has 0 fully saturated rings. The van der Waals surface area contributed by atoms with Gasteiger partial charge in [-0.2, -0.15) is 5.10 Å². The summed E-state index contributed by atoms with van der Waals surface area (Å²) in [5.74, 6) is -1.15. The van der Waals surface area contributed by atoms with Crippen molar-refractivity contribution in [1.82, 2.24) is 25.4 Å². The van der Waals surface area contributed by atoms with Crippen LogP contribution in [-0.2, 0) is 9.53 Å². The second-order valence-electron chi connectivity index (χ2n) is 6.55. The van der Waals surface area contributed by atoms with E-state index in [0.29, 0.717) is 17.6 Å². The van der Waals surface area contributed by atoms with Gasteiger partial charge in [0, 0.05) is 24.2 Å². The Morgan fingerprint density at radius 2 is 1.92 bits per heavy atom. The number of ether oxygens (including phenoxy) is 1. The molecule has 0 aliphatic heterocycles. The van der Waals surface area contributed by atoms with E-state index < -0.39 is 24.5 Å². The molecule has 0 unspecified atom stereocenters. The third-order valence-corrected chi connectivity index (χ3v) is 3.42. The topological polar surface area (TPSA) is 115 Å². The van der Waals surface area contributed by atoms with E-state index in [1.54, 1.807) is 16.9 Å². The molecule has 26 heavy (non-hydrogen) atoms. The summed E-state index contributed by atoms with van der Waals surface area (Å²) in [6, 6.07) is 1.12. The molecule has 140 valence electrons. The highest BCUT2D eigenvalue weighted by Crippen LogP contribution is 2.17. The molecule has 0 bridgehead atoms. The lowest BCUT2D eigenvalue weighted by atomic mass is 10.2. The van der Waals surface area contributed by atoms with E-state index in [0.717, 1.165) is 0 Å². The van der Waals surface area contributed by atoms with Crippen molar-refractivity contribution in [2.75, 3.05) is 13.2 Å². The van der Waals surface area contributed by atoms with Gasteiger partial charge < -0.3 is 10.1 Å². The number of nitrogens with one attached hydrogen (secondary N) is 2. The van der Waals surface area contributed by atoms with Crippen LogP contribution in [0, 0.1) is 5.92 Å². The Bertz CT molecular complexity index is 813. The highest BCUT2D eigenvalue weighted by atomic mass is 16.5. The van der Waals surface area contributed by atoms with Gasteiger partial charge in [-0.1, -0.05) is 13.8 Å². The van der Waals surface area contributed by atoms with Crippen LogP contribution in [0.3, 0.4) is 0 Å². The van der Waals surface area contributed by atoms with Crippen molar-refractivity contribution in [3.05, 3.63) is 24.0 Å². The van der Waals surface area contributed by atoms with Crippen molar-refractivity contribution >= 4 is 28.9 Å². The summed E-state index contributed by atoms with van der Waals surface area (Å²) < 4.78 is 6.67. The summed E-state index contributed by atoms with van der Waals surface area (Å²) in [6.07, 6.45) is 2.99. The summed E-state index contributed by atoms with van der Waals surface area (Å²) in [6.45, 7) is 7.70. The second-order valence-corrected chi connectivity index (χ2v) is 6.55. The number of urea groups is 1. The molecule has 2 aromatic heterocycles. The largest absolute Gasteiger partial charge is 0.452 e. The van der Waals surface area contributed by atoms with Crippen molar-refractivity contribution in [2.24, 2.45) is 5.92 Å². The number of esters is 1. The fraction of sp³-hybridized carbons (Fsp3) is 0.471. The molecule has 2 rings (SSSR count). The Kier molecular flexibility index (Phi) is 6.26. The fourth-order valence-corrected chi connectivity index (χ4v) is 2.15. The number of aromatic nitrogens is 3. The number of carbonyl (C=O) groups is 3. The fourth-order valence-electron chi connectivity index (χ4n) is 2.15. The maximum Gasteiger partial charge on any atom is 0.340 e. The number of rotatable bonds is 6. The summed E-state index contributed by atoms with van der Waals surface area (Å²) in [5, 5.41) is 9.55. The number of carbonyl (C=O) groups excluding carboxylic acids is 3. The maximum atomic E-state index is 12.1. The van der Waals surface area contributed by atoms with Crippen LogP contribution in [0.25, 0.3) is 11.0 Å². The van der Waals surface area contributed by atoms with E-state index in [-0.39, 0.29) is 17.5 Å². The zero-order valence-electron chi connectivity index (χ0n) is 15.3. The smallest absolute Gasteiger partial charge is 0.340 e. The second kappa shape index (κ2) is 8.41. The monoisotopic (exact) mass is 361 g/mol. The molecule has 0 aliphatic rings. The molecule has 0 spiro atoms. The van der Waals surface area contributed by atoms with Gasteiger partial charge in [0.1, 0.15) is 0 Å². The minimum Gasteiger partial charge on any atom is -0.452 e. The molecule has 0 aromatic carbocycles. The van der Waals surface area contributed by atoms with E-state index >= 15 is 0 Å². The minimum absolute atomic E-state index is 0.142. The van der Waals surface area contributed by atoms with Crippen molar-refractivity contribution in [1.29, 1.82) is 0 Å². The van der Waals surface area contributed by atoms with Gasteiger partial charge in [-0.05, 0) is 25.8 Å². The predicted octanol–water partition coefficient (Wildman–Crippen LogP) is 1.65. The van der Waals surface area contributed by atoms with Crippen LogP contribution in [0.4, 0.5) is 4.79 Å². The Balaban J connectivity index is 1.90. The van der Waals surface area contributed by atoms with Crippen LogP contribution >= 0.6 is 0 Å². The Hall–Kier alpha value is -2.97.